The SMILES string of the molecule is CCOC(=O)c1cc(-c2ccc(S(=O)(=O)Cc3cccnc3)cc2)nc2c1c(-c1ccc(CC)cc1)nn2C1CCCCO1. The second kappa shape index (κ2) is 12.7. The molecule has 5 aromatic rings. The minimum absolute atomic E-state index is 0.153. The Morgan fingerprint density at radius 1 is 1.00 bits per heavy atom. The van der Waals surface area contributed by atoms with Crippen LogP contribution in [0.5, 0.6) is 0 Å². The van der Waals surface area contributed by atoms with Crippen LogP contribution in [0.1, 0.15) is 60.8 Å². The molecule has 0 N–H and O–H groups in total. The lowest BCUT2D eigenvalue weighted by Gasteiger charge is -2.23. The van der Waals surface area contributed by atoms with Crippen molar-refractivity contribution >= 4 is 26.8 Å². The molecule has 9 nitrogen and oxygen atoms in total. The molecule has 226 valence electrons. The zero-order valence-electron chi connectivity index (χ0n) is 24.8. The lowest BCUT2D eigenvalue weighted by atomic mass is 10.0. The Morgan fingerprint density at radius 3 is 2.43 bits per heavy atom. The first-order valence-corrected chi connectivity index (χ1v) is 16.6. The summed E-state index contributed by atoms with van der Waals surface area (Å²) in [5.41, 5.74) is 5.33. The monoisotopic (exact) mass is 610 g/mol. The van der Waals surface area contributed by atoms with Gasteiger partial charge in [0.1, 0.15) is 5.69 Å². The molecule has 0 spiro atoms. The second-order valence-corrected chi connectivity index (χ2v) is 12.8. The van der Waals surface area contributed by atoms with Crippen molar-refractivity contribution in [2.45, 2.75) is 56.4 Å². The average molecular weight is 611 g/mol. The van der Waals surface area contributed by atoms with E-state index in [-0.39, 0.29) is 23.5 Å². The van der Waals surface area contributed by atoms with Gasteiger partial charge in [0.15, 0.2) is 21.7 Å². The van der Waals surface area contributed by atoms with Gasteiger partial charge in [-0.2, -0.15) is 5.10 Å². The van der Waals surface area contributed by atoms with Gasteiger partial charge in [-0.15, -0.1) is 0 Å². The number of hydrogen-bond donors (Lipinski definition) is 0. The highest BCUT2D eigenvalue weighted by Gasteiger charge is 2.28. The maximum Gasteiger partial charge on any atom is 0.339 e. The first-order valence-electron chi connectivity index (χ1n) is 14.9. The van der Waals surface area contributed by atoms with E-state index in [1.807, 2.05) is 12.1 Å². The van der Waals surface area contributed by atoms with Gasteiger partial charge in [-0.05, 0) is 68.0 Å². The number of pyridine rings is 2. The second-order valence-electron chi connectivity index (χ2n) is 10.8. The molecule has 0 amide bonds. The fourth-order valence-corrected chi connectivity index (χ4v) is 6.82. The maximum absolute atomic E-state index is 13.5. The van der Waals surface area contributed by atoms with E-state index < -0.39 is 15.8 Å². The molecule has 0 saturated carbocycles. The van der Waals surface area contributed by atoms with Crippen molar-refractivity contribution in [1.82, 2.24) is 19.7 Å². The normalized spacial score (nSPS) is 15.4. The van der Waals surface area contributed by atoms with E-state index in [0.717, 1.165) is 31.2 Å². The Labute approximate surface area is 256 Å². The molecular weight excluding hydrogens is 576 g/mol. The number of aryl methyl sites for hydroxylation is 1. The molecule has 1 aliphatic heterocycles. The first kappa shape index (κ1) is 29.7. The van der Waals surface area contributed by atoms with Gasteiger partial charge in [-0.1, -0.05) is 49.4 Å². The third-order valence-electron chi connectivity index (χ3n) is 7.81. The zero-order valence-corrected chi connectivity index (χ0v) is 25.6. The molecule has 1 aliphatic rings. The van der Waals surface area contributed by atoms with Gasteiger partial charge in [-0.25, -0.2) is 22.9 Å². The van der Waals surface area contributed by atoms with E-state index in [1.165, 1.54) is 5.56 Å². The number of fused-ring (bicyclic) bond motifs is 1. The molecule has 1 atom stereocenters. The summed E-state index contributed by atoms with van der Waals surface area (Å²) in [7, 11) is -3.59. The number of rotatable bonds is 9. The molecule has 1 saturated heterocycles. The van der Waals surface area contributed by atoms with Crippen LogP contribution in [0, 0.1) is 0 Å². The minimum Gasteiger partial charge on any atom is -0.462 e. The summed E-state index contributed by atoms with van der Waals surface area (Å²) in [5.74, 6) is -0.632. The van der Waals surface area contributed by atoms with Crippen LogP contribution in [0.2, 0.25) is 0 Å². The molecule has 1 unspecified atom stereocenters. The van der Waals surface area contributed by atoms with Gasteiger partial charge in [-0.3, -0.25) is 4.98 Å². The van der Waals surface area contributed by atoms with E-state index in [1.54, 1.807) is 66.5 Å². The molecule has 0 bridgehead atoms. The van der Waals surface area contributed by atoms with Crippen LogP contribution in [0.25, 0.3) is 33.5 Å². The number of carbonyl (C=O) groups excluding carboxylic acids is 1. The average Bonchev–Trinajstić information content (AvgIpc) is 3.45. The van der Waals surface area contributed by atoms with E-state index in [2.05, 4.69) is 24.0 Å². The van der Waals surface area contributed by atoms with Crippen molar-refractivity contribution in [2.75, 3.05) is 13.2 Å². The van der Waals surface area contributed by atoms with Gasteiger partial charge in [0, 0.05) is 30.1 Å². The van der Waals surface area contributed by atoms with Crippen molar-refractivity contribution in [3.8, 4) is 22.5 Å². The molecular formula is C34H34N4O5S. The summed E-state index contributed by atoms with van der Waals surface area (Å²) in [6.07, 6.45) is 6.48. The third-order valence-corrected chi connectivity index (χ3v) is 9.51. The molecule has 3 aromatic heterocycles. The van der Waals surface area contributed by atoms with E-state index in [9.17, 15) is 13.2 Å². The molecule has 10 heteroatoms. The maximum atomic E-state index is 13.5. The highest BCUT2D eigenvalue weighted by atomic mass is 32.2. The largest absolute Gasteiger partial charge is 0.462 e. The molecule has 1 fully saturated rings. The Hall–Kier alpha value is -4.41. The fraction of sp³-hybridized carbons (Fsp3) is 0.294. The number of benzene rings is 2. The quantitative estimate of drug-likeness (QED) is 0.172. The Balaban J connectivity index is 1.48. The van der Waals surface area contributed by atoms with Crippen LogP contribution >= 0.6 is 0 Å². The number of hydrogen-bond acceptors (Lipinski definition) is 8. The van der Waals surface area contributed by atoms with Gasteiger partial charge in [0.25, 0.3) is 0 Å². The summed E-state index contributed by atoms with van der Waals surface area (Å²) < 4.78 is 39.6. The van der Waals surface area contributed by atoms with Crippen molar-refractivity contribution in [3.05, 3.63) is 95.8 Å². The summed E-state index contributed by atoms with van der Waals surface area (Å²) in [4.78, 5) is 22.7. The number of sulfone groups is 1. The van der Waals surface area contributed by atoms with E-state index in [4.69, 9.17) is 19.6 Å². The zero-order chi connectivity index (χ0) is 30.7. The van der Waals surface area contributed by atoms with Crippen LogP contribution in [0.3, 0.4) is 0 Å². The van der Waals surface area contributed by atoms with Crippen molar-refractivity contribution in [2.24, 2.45) is 0 Å². The highest BCUT2D eigenvalue weighted by Crippen LogP contribution is 2.36. The predicted octanol–water partition coefficient (Wildman–Crippen LogP) is 6.57. The first-order chi connectivity index (χ1) is 21.4. The number of carbonyl (C=O) groups is 1. The number of nitrogens with zero attached hydrogens (tertiary/aromatic N) is 4. The summed E-state index contributed by atoms with van der Waals surface area (Å²) >= 11 is 0. The lowest BCUT2D eigenvalue weighted by molar-refractivity contribution is -0.0368. The van der Waals surface area contributed by atoms with Crippen LogP contribution in [-0.4, -0.2) is 47.3 Å². The van der Waals surface area contributed by atoms with Gasteiger partial charge in [0.05, 0.1) is 33.9 Å². The molecule has 4 heterocycles. The number of ether oxygens (including phenoxy) is 2. The van der Waals surface area contributed by atoms with E-state index in [0.29, 0.717) is 45.7 Å². The Morgan fingerprint density at radius 2 is 1.77 bits per heavy atom. The summed E-state index contributed by atoms with van der Waals surface area (Å²) in [6.45, 7) is 4.70. The Bertz CT molecular complexity index is 1880. The van der Waals surface area contributed by atoms with Gasteiger partial charge < -0.3 is 9.47 Å². The van der Waals surface area contributed by atoms with Crippen LogP contribution in [0.4, 0.5) is 0 Å². The molecule has 44 heavy (non-hydrogen) atoms. The summed E-state index contributed by atoms with van der Waals surface area (Å²) in [5, 5.41) is 5.60. The molecule has 2 aromatic carbocycles. The smallest absolute Gasteiger partial charge is 0.339 e. The molecule has 6 rings (SSSR count). The number of esters is 1. The van der Waals surface area contributed by atoms with Crippen LogP contribution in [0.15, 0.2) is 84.0 Å². The standard InChI is InChI=1S/C34H34N4O5S/c1-3-23-10-12-26(13-11-23)32-31-28(34(39)42-4-2)20-29(36-33(31)38(37-32)30-9-5-6-19-43-30)25-14-16-27(17-15-25)44(40,41)22-24-8-7-18-35-21-24/h7-8,10-18,20-21,30H,3-6,9,19,22H2,1-2H3. The van der Waals surface area contributed by atoms with Crippen LogP contribution in [-0.2, 0) is 31.5 Å². The van der Waals surface area contributed by atoms with Crippen molar-refractivity contribution in [3.63, 3.8) is 0 Å². The third kappa shape index (κ3) is 6.00. The Kier molecular flexibility index (Phi) is 8.54. The highest BCUT2D eigenvalue weighted by molar-refractivity contribution is 7.90. The topological polar surface area (TPSA) is 113 Å². The number of aromatic nitrogens is 4. The summed E-state index contributed by atoms with van der Waals surface area (Å²) in [6, 6.07) is 19.9. The minimum atomic E-state index is -3.59. The van der Waals surface area contributed by atoms with Crippen LogP contribution < -0.4 is 0 Å². The van der Waals surface area contributed by atoms with E-state index >= 15 is 0 Å². The predicted molar refractivity (Wildman–Crippen MR) is 168 cm³/mol. The fourth-order valence-electron chi connectivity index (χ4n) is 5.49. The van der Waals surface area contributed by atoms with Crippen molar-refractivity contribution < 1.29 is 22.7 Å². The van der Waals surface area contributed by atoms with Gasteiger partial charge in [0.2, 0.25) is 0 Å². The van der Waals surface area contributed by atoms with Crippen molar-refractivity contribution in [1.29, 1.82) is 0 Å². The molecule has 0 radical (unpaired) electrons. The lowest BCUT2D eigenvalue weighted by Crippen LogP contribution is -2.19. The molecule has 0 aliphatic carbocycles. The van der Waals surface area contributed by atoms with Gasteiger partial charge >= 0.3 is 5.97 Å².